The van der Waals surface area contributed by atoms with Crippen molar-refractivity contribution >= 4 is 11.8 Å². The van der Waals surface area contributed by atoms with E-state index in [2.05, 4.69) is 0 Å². The molecule has 0 saturated heterocycles. The molecular formula is C11H11NO5. The first-order valence-electron chi connectivity index (χ1n) is 5.20. The molecular weight excluding hydrogens is 226 g/mol. The summed E-state index contributed by atoms with van der Waals surface area (Å²) in [5.74, 6) is 0. The molecule has 17 heavy (non-hydrogen) atoms. The van der Waals surface area contributed by atoms with Gasteiger partial charge in [-0.25, -0.2) is 4.79 Å². The third-order valence-electron chi connectivity index (χ3n) is 3.05. The third kappa shape index (κ3) is 2.06. The summed E-state index contributed by atoms with van der Waals surface area (Å²) >= 11 is 0. The first-order chi connectivity index (χ1) is 8.03. The normalized spacial score (nSPS) is 16.9. The van der Waals surface area contributed by atoms with Gasteiger partial charge < -0.3 is 9.84 Å². The van der Waals surface area contributed by atoms with E-state index in [0.29, 0.717) is 18.4 Å². The molecule has 0 atom stereocenters. The standard InChI is InChI=1S/C11H11NO5/c13-10(14)17-11(6-1-7-11)8-2-4-9(5-3-8)12(15)16/h2-5H,1,6-7H2,(H,13,14). The number of benzene rings is 1. The Morgan fingerprint density at radius 2 is 1.94 bits per heavy atom. The van der Waals surface area contributed by atoms with Crippen LogP contribution in [0.5, 0.6) is 0 Å². The summed E-state index contributed by atoms with van der Waals surface area (Å²) in [7, 11) is 0. The molecule has 2 rings (SSSR count). The summed E-state index contributed by atoms with van der Waals surface area (Å²) in [4.78, 5) is 20.6. The van der Waals surface area contributed by atoms with Crippen LogP contribution in [0.3, 0.4) is 0 Å². The lowest BCUT2D eigenvalue weighted by Gasteiger charge is -2.40. The highest BCUT2D eigenvalue weighted by atomic mass is 16.7. The highest BCUT2D eigenvalue weighted by molar-refractivity contribution is 5.58. The van der Waals surface area contributed by atoms with Crippen molar-refractivity contribution in [2.24, 2.45) is 0 Å². The minimum atomic E-state index is -1.32. The van der Waals surface area contributed by atoms with Crippen LogP contribution in [0.15, 0.2) is 24.3 Å². The lowest BCUT2D eigenvalue weighted by Crippen LogP contribution is -2.38. The molecule has 1 aliphatic carbocycles. The van der Waals surface area contributed by atoms with E-state index in [1.54, 1.807) is 12.1 Å². The van der Waals surface area contributed by atoms with E-state index in [9.17, 15) is 14.9 Å². The molecule has 0 aromatic heterocycles. The molecule has 0 spiro atoms. The highest BCUT2D eigenvalue weighted by Gasteiger charge is 2.42. The second-order valence-corrected chi connectivity index (χ2v) is 4.02. The Kier molecular flexibility index (Phi) is 2.71. The molecule has 6 nitrogen and oxygen atoms in total. The topological polar surface area (TPSA) is 89.7 Å². The molecule has 0 heterocycles. The molecule has 0 bridgehead atoms. The SMILES string of the molecule is O=C(O)OC1(c2ccc([N+](=O)[O-])cc2)CCC1. The van der Waals surface area contributed by atoms with Gasteiger partial charge >= 0.3 is 6.16 Å². The summed E-state index contributed by atoms with van der Waals surface area (Å²) in [6.45, 7) is 0. The maximum Gasteiger partial charge on any atom is 0.506 e. The van der Waals surface area contributed by atoms with E-state index in [-0.39, 0.29) is 5.69 Å². The summed E-state index contributed by atoms with van der Waals surface area (Å²) < 4.78 is 4.91. The number of nitro benzene ring substituents is 1. The van der Waals surface area contributed by atoms with Crippen molar-refractivity contribution in [3.63, 3.8) is 0 Å². The molecule has 6 heteroatoms. The second kappa shape index (κ2) is 4.04. The van der Waals surface area contributed by atoms with Crippen LogP contribution in [-0.2, 0) is 10.3 Å². The van der Waals surface area contributed by atoms with Gasteiger partial charge in [-0.3, -0.25) is 10.1 Å². The van der Waals surface area contributed by atoms with Gasteiger partial charge in [-0.15, -0.1) is 0 Å². The van der Waals surface area contributed by atoms with Crippen molar-refractivity contribution < 1.29 is 19.6 Å². The number of carbonyl (C=O) groups is 1. The zero-order valence-corrected chi connectivity index (χ0v) is 8.96. The molecule has 0 unspecified atom stereocenters. The van der Waals surface area contributed by atoms with Crippen LogP contribution in [0.4, 0.5) is 10.5 Å². The maximum atomic E-state index is 10.6. The Bertz CT molecular complexity index is 449. The van der Waals surface area contributed by atoms with Gasteiger partial charge in [-0.2, -0.15) is 0 Å². The van der Waals surface area contributed by atoms with Gasteiger partial charge in [0, 0.05) is 12.1 Å². The predicted molar refractivity (Wildman–Crippen MR) is 57.7 cm³/mol. The first-order valence-corrected chi connectivity index (χ1v) is 5.20. The number of carboxylic acid groups (broad SMARTS) is 1. The number of nitrogens with zero attached hydrogens (tertiary/aromatic N) is 1. The number of non-ortho nitro benzene ring substituents is 1. The minimum absolute atomic E-state index is 0.0152. The average Bonchev–Trinajstić information content (AvgIpc) is 2.23. The summed E-state index contributed by atoms with van der Waals surface area (Å²) in [5.41, 5.74) is -0.142. The number of hydrogen-bond donors (Lipinski definition) is 1. The fourth-order valence-electron chi connectivity index (χ4n) is 2.00. The summed E-state index contributed by atoms with van der Waals surface area (Å²) in [6.07, 6.45) is 0.821. The Labute approximate surface area is 97.0 Å². The summed E-state index contributed by atoms with van der Waals surface area (Å²) in [6, 6.07) is 5.84. The van der Waals surface area contributed by atoms with Crippen molar-refractivity contribution in [2.45, 2.75) is 24.9 Å². The van der Waals surface area contributed by atoms with Crippen molar-refractivity contribution in [1.82, 2.24) is 0 Å². The van der Waals surface area contributed by atoms with Crippen LogP contribution in [-0.4, -0.2) is 16.2 Å². The fourth-order valence-corrected chi connectivity index (χ4v) is 2.00. The molecule has 1 saturated carbocycles. The van der Waals surface area contributed by atoms with Crippen LogP contribution in [0.25, 0.3) is 0 Å². The molecule has 90 valence electrons. The van der Waals surface area contributed by atoms with Gasteiger partial charge in [-0.1, -0.05) is 0 Å². The van der Waals surface area contributed by atoms with Gasteiger partial charge in [0.2, 0.25) is 0 Å². The molecule has 1 aromatic carbocycles. The van der Waals surface area contributed by atoms with Gasteiger partial charge in [0.1, 0.15) is 5.60 Å². The van der Waals surface area contributed by atoms with E-state index in [4.69, 9.17) is 9.84 Å². The van der Waals surface area contributed by atoms with Crippen LogP contribution < -0.4 is 0 Å². The van der Waals surface area contributed by atoms with Crippen molar-refractivity contribution in [3.05, 3.63) is 39.9 Å². The molecule has 1 aromatic rings. The van der Waals surface area contributed by atoms with Crippen molar-refractivity contribution in [1.29, 1.82) is 0 Å². The van der Waals surface area contributed by atoms with Crippen LogP contribution in [0, 0.1) is 10.1 Å². The van der Waals surface area contributed by atoms with Gasteiger partial charge in [0.25, 0.3) is 5.69 Å². The number of ether oxygens (including phenoxy) is 1. The molecule has 0 amide bonds. The van der Waals surface area contributed by atoms with E-state index in [1.807, 2.05) is 0 Å². The lowest BCUT2D eigenvalue weighted by atomic mass is 9.75. The lowest BCUT2D eigenvalue weighted by molar-refractivity contribution is -0.384. The number of nitro groups is 1. The fraction of sp³-hybridized carbons (Fsp3) is 0.364. The molecule has 0 radical (unpaired) electrons. The molecule has 0 aliphatic heterocycles. The Balaban J connectivity index is 2.26. The monoisotopic (exact) mass is 237 g/mol. The van der Waals surface area contributed by atoms with E-state index in [0.717, 1.165) is 6.42 Å². The largest absolute Gasteiger partial charge is 0.506 e. The van der Waals surface area contributed by atoms with Gasteiger partial charge in [0.05, 0.1) is 4.92 Å². The van der Waals surface area contributed by atoms with Crippen molar-refractivity contribution in [3.8, 4) is 0 Å². The predicted octanol–water partition coefficient (Wildman–Crippen LogP) is 2.67. The molecule has 1 aliphatic rings. The Morgan fingerprint density at radius 1 is 1.35 bits per heavy atom. The van der Waals surface area contributed by atoms with Crippen LogP contribution in [0.1, 0.15) is 24.8 Å². The molecule has 1 fully saturated rings. The Morgan fingerprint density at radius 3 is 2.29 bits per heavy atom. The number of rotatable bonds is 3. The second-order valence-electron chi connectivity index (χ2n) is 4.02. The van der Waals surface area contributed by atoms with Crippen LogP contribution in [0.2, 0.25) is 0 Å². The van der Waals surface area contributed by atoms with Crippen molar-refractivity contribution in [2.75, 3.05) is 0 Å². The van der Waals surface area contributed by atoms with E-state index >= 15 is 0 Å². The highest BCUT2D eigenvalue weighted by Crippen LogP contribution is 2.45. The first kappa shape index (κ1) is 11.4. The zero-order chi connectivity index (χ0) is 12.5. The van der Waals surface area contributed by atoms with E-state index < -0.39 is 16.7 Å². The van der Waals surface area contributed by atoms with Gasteiger partial charge in [0.15, 0.2) is 0 Å². The quantitative estimate of drug-likeness (QED) is 0.495. The average molecular weight is 237 g/mol. The zero-order valence-electron chi connectivity index (χ0n) is 8.96. The maximum absolute atomic E-state index is 10.6. The van der Waals surface area contributed by atoms with Gasteiger partial charge in [-0.05, 0) is 37.0 Å². The van der Waals surface area contributed by atoms with Crippen LogP contribution >= 0.6 is 0 Å². The van der Waals surface area contributed by atoms with E-state index in [1.165, 1.54) is 12.1 Å². The number of hydrogen-bond acceptors (Lipinski definition) is 4. The summed E-state index contributed by atoms with van der Waals surface area (Å²) in [5, 5.41) is 19.2. The Hall–Kier alpha value is -2.11. The molecule has 1 N–H and O–H groups in total. The third-order valence-corrected chi connectivity index (χ3v) is 3.05. The minimum Gasteiger partial charge on any atom is -0.450 e. The smallest absolute Gasteiger partial charge is 0.450 e.